The summed E-state index contributed by atoms with van der Waals surface area (Å²) < 4.78 is 9.68. The maximum atomic E-state index is 11.8. The summed E-state index contributed by atoms with van der Waals surface area (Å²) in [7, 11) is 1.22. The van der Waals surface area contributed by atoms with Gasteiger partial charge in [0.05, 0.1) is 12.0 Å². The first-order chi connectivity index (χ1) is 10.8. The molecular weight excluding hydrogens is 302 g/mol. The minimum Gasteiger partial charge on any atom is -0.466 e. The van der Waals surface area contributed by atoms with Gasteiger partial charge in [-0.05, 0) is 24.0 Å². The number of carbonyl (C=O) groups is 2. The predicted molar refractivity (Wildman–Crippen MR) is 83.5 cm³/mol. The molecule has 0 bridgehead atoms. The highest BCUT2D eigenvalue weighted by Gasteiger charge is 2.23. The summed E-state index contributed by atoms with van der Waals surface area (Å²) in [5, 5.41) is 10.7. The molecule has 1 unspecified atom stereocenters. The third-order valence-electron chi connectivity index (χ3n) is 2.90. The molecule has 0 N–H and O–H groups in total. The van der Waals surface area contributed by atoms with Crippen LogP contribution in [0, 0.1) is 16.0 Å². The van der Waals surface area contributed by atoms with Gasteiger partial charge in [-0.1, -0.05) is 26.0 Å². The van der Waals surface area contributed by atoms with Gasteiger partial charge in [0.2, 0.25) is 0 Å². The van der Waals surface area contributed by atoms with E-state index in [0.29, 0.717) is 12.0 Å². The van der Waals surface area contributed by atoms with Crippen molar-refractivity contribution in [3.8, 4) is 0 Å². The molecule has 0 fully saturated rings. The van der Waals surface area contributed by atoms with E-state index in [2.05, 4.69) is 4.74 Å². The normalized spacial score (nSPS) is 12.2. The summed E-state index contributed by atoms with van der Waals surface area (Å²) in [5.74, 6) is -1.18. The van der Waals surface area contributed by atoms with Gasteiger partial charge in [0, 0.05) is 18.2 Å². The van der Waals surface area contributed by atoms with Crippen LogP contribution in [-0.2, 0) is 19.1 Å². The third-order valence-corrected chi connectivity index (χ3v) is 2.90. The Bertz CT molecular complexity index is 608. The highest BCUT2D eigenvalue weighted by molar-refractivity contribution is 5.89. The van der Waals surface area contributed by atoms with Crippen LogP contribution in [0.3, 0.4) is 0 Å². The van der Waals surface area contributed by atoms with E-state index in [1.165, 1.54) is 31.4 Å². The fourth-order valence-electron chi connectivity index (χ4n) is 1.84. The van der Waals surface area contributed by atoms with Gasteiger partial charge in [-0.3, -0.25) is 10.1 Å². The van der Waals surface area contributed by atoms with Crippen LogP contribution in [0.2, 0.25) is 0 Å². The molecule has 7 nitrogen and oxygen atoms in total. The molecule has 124 valence electrons. The van der Waals surface area contributed by atoms with Crippen molar-refractivity contribution in [1.82, 2.24) is 0 Å². The summed E-state index contributed by atoms with van der Waals surface area (Å²) in [5.41, 5.74) is 0.405. The van der Waals surface area contributed by atoms with E-state index >= 15 is 0 Å². The fraction of sp³-hybridized carbons (Fsp3) is 0.375. The van der Waals surface area contributed by atoms with Gasteiger partial charge in [-0.2, -0.15) is 0 Å². The Morgan fingerprint density at radius 2 is 2.04 bits per heavy atom. The second kappa shape index (κ2) is 8.67. The first-order valence-corrected chi connectivity index (χ1v) is 7.04. The third kappa shape index (κ3) is 6.29. The molecule has 23 heavy (non-hydrogen) atoms. The van der Waals surface area contributed by atoms with Crippen molar-refractivity contribution in [2.75, 3.05) is 7.11 Å². The van der Waals surface area contributed by atoms with Crippen molar-refractivity contribution < 1.29 is 24.0 Å². The van der Waals surface area contributed by atoms with Crippen molar-refractivity contribution in [2.45, 2.75) is 26.4 Å². The Hall–Kier alpha value is -2.70. The quantitative estimate of drug-likeness (QED) is 0.331. The van der Waals surface area contributed by atoms with Crippen LogP contribution in [0.5, 0.6) is 0 Å². The van der Waals surface area contributed by atoms with Gasteiger partial charge >= 0.3 is 11.9 Å². The molecule has 1 rings (SSSR count). The molecule has 0 aliphatic heterocycles. The van der Waals surface area contributed by atoms with Crippen LogP contribution in [-0.4, -0.2) is 30.1 Å². The average molecular weight is 321 g/mol. The lowest BCUT2D eigenvalue weighted by atomic mass is 10.1. The number of nitro benzene ring substituents is 1. The Kier molecular flexibility index (Phi) is 6.92. The number of nitrogens with zero attached hydrogens (tertiary/aromatic N) is 1. The molecule has 0 saturated heterocycles. The molecule has 0 radical (unpaired) electrons. The predicted octanol–water partition coefficient (Wildman–Crippen LogP) is 2.74. The van der Waals surface area contributed by atoms with Crippen LogP contribution >= 0.6 is 0 Å². The molecule has 0 aromatic heterocycles. The fourth-order valence-corrected chi connectivity index (χ4v) is 1.84. The lowest BCUT2D eigenvalue weighted by Crippen LogP contribution is -2.29. The van der Waals surface area contributed by atoms with Crippen molar-refractivity contribution >= 4 is 23.7 Å². The van der Waals surface area contributed by atoms with E-state index in [-0.39, 0.29) is 11.6 Å². The van der Waals surface area contributed by atoms with Crippen molar-refractivity contribution in [3.63, 3.8) is 0 Å². The summed E-state index contributed by atoms with van der Waals surface area (Å²) in [6, 6.07) is 5.81. The zero-order chi connectivity index (χ0) is 17.4. The summed E-state index contributed by atoms with van der Waals surface area (Å²) >= 11 is 0. The Balaban J connectivity index is 2.75. The van der Waals surface area contributed by atoms with E-state index in [1.54, 1.807) is 6.07 Å². The largest absolute Gasteiger partial charge is 0.466 e. The van der Waals surface area contributed by atoms with Gasteiger partial charge in [0.15, 0.2) is 6.10 Å². The van der Waals surface area contributed by atoms with Gasteiger partial charge in [0.25, 0.3) is 5.69 Å². The molecule has 0 aliphatic rings. The topological polar surface area (TPSA) is 95.7 Å². The molecule has 0 aliphatic carbocycles. The maximum absolute atomic E-state index is 11.8. The average Bonchev–Trinajstić information content (AvgIpc) is 2.51. The second-order valence-corrected chi connectivity index (χ2v) is 5.26. The number of carbonyl (C=O) groups excluding carboxylic acids is 2. The summed E-state index contributed by atoms with van der Waals surface area (Å²) in [6.45, 7) is 3.78. The first kappa shape index (κ1) is 18.3. The van der Waals surface area contributed by atoms with Gasteiger partial charge in [0.1, 0.15) is 0 Å². The van der Waals surface area contributed by atoms with Crippen LogP contribution in [0.1, 0.15) is 25.8 Å². The molecule has 1 aromatic carbocycles. The lowest BCUT2D eigenvalue weighted by molar-refractivity contribution is -0.384. The molecule has 7 heteroatoms. The first-order valence-electron chi connectivity index (χ1n) is 7.04. The summed E-state index contributed by atoms with van der Waals surface area (Å²) in [6.07, 6.45) is 1.89. The van der Waals surface area contributed by atoms with Crippen LogP contribution < -0.4 is 0 Å². The second-order valence-electron chi connectivity index (χ2n) is 5.26. The van der Waals surface area contributed by atoms with E-state index in [4.69, 9.17) is 4.74 Å². The Morgan fingerprint density at radius 1 is 1.35 bits per heavy atom. The molecule has 0 saturated carbocycles. The smallest absolute Gasteiger partial charge is 0.347 e. The van der Waals surface area contributed by atoms with E-state index in [1.807, 2.05) is 13.8 Å². The Morgan fingerprint density at radius 3 is 2.61 bits per heavy atom. The highest BCUT2D eigenvalue weighted by atomic mass is 16.6. The molecular formula is C16H19NO6. The van der Waals surface area contributed by atoms with Crippen LogP contribution in [0.15, 0.2) is 30.3 Å². The van der Waals surface area contributed by atoms with Gasteiger partial charge in [-0.15, -0.1) is 0 Å². The number of benzene rings is 1. The number of non-ortho nitro benzene ring substituents is 1. The number of esters is 2. The van der Waals surface area contributed by atoms with Crippen molar-refractivity contribution in [2.24, 2.45) is 5.92 Å². The van der Waals surface area contributed by atoms with E-state index < -0.39 is 23.0 Å². The molecule has 0 amide bonds. The van der Waals surface area contributed by atoms with Gasteiger partial charge < -0.3 is 9.47 Å². The van der Waals surface area contributed by atoms with Crippen molar-refractivity contribution in [1.29, 1.82) is 0 Å². The number of nitro groups is 1. The monoisotopic (exact) mass is 321 g/mol. The number of hydrogen-bond donors (Lipinski definition) is 0. The standard InChI is InChI=1S/C16H19NO6/c1-11(2)9-14(16(19)22-3)23-15(18)8-7-12-5-4-6-13(10-12)17(20)21/h4-8,10-11,14H,9H2,1-3H3. The number of methoxy groups -OCH3 is 1. The van der Waals surface area contributed by atoms with Crippen LogP contribution in [0.25, 0.3) is 6.08 Å². The number of hydrogen-bond acceptors (Lipinski definition) is 6. The lowest BCUT2D eigenvalue weighted by Gasteiger charge is -2.16. The Labute approximate surface area is 134 Å². The molecule has 0 heterocycles. The van der Waals surface area contributed by atoms with E-state index in [9.17, 15) is 19.7 Å². The van der Waals surface area contributed by atoms with Crippen molar-refractivity contribution in [3.05, 3.63) is 46.0 Å². The maximum Gasteiger partial charge on any atom is 0.347 e. The zero-order valence-corrected chi connectivity index (χ0v) is 13.2. The zero-order valence-electron chi connectivity index (χ0n) is 13.2. The SMILES string of the molecule is COC(=O)C(CC(C)C)OC(=O)C=Cc1cccc([N+](=O)[O-])c1. The molecule has 1 aromatic rings. The number of ether oxygens (including phenoxy) is 2. The van der Waals surface area contributed by atoms with Crippen LogP contribution in [0.4, 0.5) is 5.69 Å². The summed E-state index contributed by atoms with van der Waals surface area (Å²) in [4.78, 5) is 33.5. The molecule has 1 atom stereocenters. The minimum absolute atomic E-state index is 0.0761. The highest BCUT2D eigenvalue weighted by Crippen LogP contribution is 2.15. The molecule has 0 spiro atoms. The van der Waals surface area contributed by atoms with Gasteiger partial charge in [-0.25, -0.2) is 9.59 Å². The minimum atomic E-state index is -0.970. The number of rotatable bonds is 7. The van der Waals surface area contributed by atoms with E-state index in [0.717, 1.165) is 6.08 Å².